The maximum Gasteiger partial charge on any atom is 0.251 e. The van der Waals surface area contributed by atoms with Gasteiger partial charge in [-0.25, -0.2) is 0 Å². The van der Waals surface area contributed by atoms with Crippen molar-refractivity contribution < 1.29 is 4.79 Å². The molecule has 0 aliphatic carbocycles. The number of H-pyrrole nitrogens is 1. The Balaban J connectivity index is 1.55. The summed E-state index contributed by atoms with van der Waals surface area (Å²) < 4.78 is 0.952. The molecule has 0 radical (unpaired) electrons. The fourth-order valence-corrected chi connectivity index (χ4v) is 4.43. The van der Waals surface area contributed by atoms with E-state index in [0.29, 0.717) is 12.1 Å². The normalized spacial score (nSPS) is 17.1. The molecule has 0 bridgehead atoms. The van der Waals surface area contributed by atoms with Crippen LogP contribution in [-0.4, -0.2) is 47.7 Å². The van der Waals surface area contributed by atoms with Gasteiger partial charge >= 0.3 is 0 Å². The van der Waals surface area contributed by atoms with Crippen molar-refractivity contribution in [1.29, 1.82) is 0 Å². The van der Waals surface area contributed by atoms with Crippen molar-refractivity contribution in [2.75, 3.05) is 26.7 Å². The van der Waals surface area contributed by atoms with Crippen LogP contribution in [0.1, 0.15) is 28.8 Å². The zero-order valence-electron chi connectivity index (χ0n) is 15.3. The predicted octanol–water partition coefficient (Wildman–Crippen LogP) is 3.56. The maximum atomic E-state index is 12.8. The molecule has 0 atom stereocenters. The number of rotatable bonds is 4. The lowest BCUT2D eigenvalue weighted by Gasteiger charge is -2.41. The van der Waals surface area contributed by atoms with E-state index in [4.69, 9.17) is 0 Å². The number of carbonyl (C=O) groups is 1. The molecule has 27 heavy (non-hydrogen) atoms. The Bertz CT molecular complexity index is 945. The van der Waals surface area contributed by atoms with Crippen LogP contribution in [0.3, 0.4) is 0 Å². The van der Waals surface area contributed by atoms with Crippen LogP contribution in [0, 0.1) is 3.70 Å². The SMILES string of the molecule is CN1CCC(CNC(=O)c2ccc3n[nH]c(I)c3c2)(c2ccccc2)CC1. The van der Waals surface area contributed by atoms with E-state index in [-0.39, 0.29) is 11.3 Å². The molecule has 5 nitrogen and oxygen atoms in total. The molecule has 2 N–H and O–H groups in total. The number of aromatic amines is 1. The topological polar surface area (TPSA) is 61.0 Å². The molecule has 6 heteroatoms. The zero-order chi connectivity index (χ0) is 18.9. The standard InChI is InChI=1S/C21H23IN4O/c1-26-11-9-21(10-12-26,16-5-3-2-4-6-16)14-23-20(27)15-7-8-18-17(13-15)19(22)25-24-18/h2-8,13H,9-12,14H2,1H3,(H,23,27)(H,24,25). The highest BCUT2D eigenvalue weighted by Gasteiger charge is 2.35. The second-order valence-corrected chi connectivity index (χ2v) is 8.48. The largest absolute Gasteiger partial charge is 0.351 e. The van der Waals surface area contributed by atoms with E-state index in [9.17, 15) is 4.79 Å². The fourth-order valence-electron chi connectivity index (χ4n) is 3.88. The van der Waals surface area contributed by atoms with E-state index in [1.54, 1.807) is 0 Å². The van der Waals surface area contributed by atoms with Crippen LogP contribution < -0.4 is 5.32 Å². The molecular weight excluding hydrogens is 451 g/mol. The monoisotopic (exact) mass is 474 g/mol. The van der Waals surface area contributed by atoms with E-state index in [2.05, 4.69) is 74.3 Å². The average Bonchev–Trinajstić information content (AvgIpc) is 3.08. The van der Waals surface area contributed by atoms with E-state index < -0.39 is 0 Å². The summed E-state index contributed by atoms with van der Waals surface area (Å²) in [6, 6.07) is 16.3. The zero-order valence-corrected chi connectivity index (χ0v) is 17.5. The van der Waals surface area contributed by atoms with Crippen LogP contribution in [0.4, 0.5) is 0 Å². The van der Waals surface area contributed by atoms with Crippen molar-refractivity contribution >= 4 is 39.4 Å². The van der Waals surface area contributed by atoms with Gasteiger partial charge < -0.3 is 10.2 Å². The van der Waals surface area contributed by atoms with Gasteiger partial charge in [-0.3, -0.25) is 9.89 Å². The first-order chi connectivity index (χ1) is 13.1. The molecule has 1 aliphatic heterocycles. The number of halogens is 1. The Morgan fingerprint density at radius 2 is 1.96 bits per heavy atom. The molecular formula is C21H23IN4O. The van der Waals surface area contributed by atoms with Crippen LogP contribution in [0.5, 0.6) is 0 Å². The lowest BCUT2D eigenvalue weighted by molar-refractivity contribution is 0.0928. The number of nitrogens with zero attached hydrogens (tertiary/aromatic N) is 2. The summed E-state index contributed by atoms with van der Waals surface area (Å²) in [5, 5.41) is 11.4. The summed E-state index contributed by atoms with van der Waals surface area (Å²) in [4.78, 5) is 15.2. The second-order valence-electron chi connectivity index (χ2n) is 7.40. The highest BCUT2D eigenvalue weighted by molar-refractivity contribution is 14.1. The van der Waals surface area contributed by atoms with Gasteiger partial charge in [0, 0.05) is 22.9 Å². The summed E-state index contributed by atoms with van der Waals surface area (Å²) in [5.41, 5.74) is 2.88. The van der Waals surface area contributed by atoms with Crippen molar-refractivity contribution in [1.82, 2.24) is 20.4 Å². The number of fused-ring (bicyclic) bond motifs is 1. The first-order valence-electron chi connectivity index (χ1n) is 9.23. The van der Waals surface area contributed by atoms with Crippen LogP contribution in [0.15, 0.2) is 48.5 Å². The van der Waals surface area contributed by atoms with Gasteiger partial charge in [0.05, 0.1) is 5.52 Å². The summed E-state index contributed by atoms with van der Waals surface area (Å²) in [7, 11) is 2.16. The molecule has 2 aromatic carbocycles. The Kier molecular flexibility index (Phi) is 5.19. The van der Waals surface area contributed by atoms with Crippen LogP contribution in [0.2, 0.25) is 0 Å². The average molecular weight is 474 g/mol. The lowest BCUT2D eigenvalue weighted by atomic mass is 9.72. The van der Waals surface area contributed by atoms with Gasteiger partial charge in [0.15, 0.2) is 0 Å². The minimum atomic E-state index is -0.0249. The third-order valence-electron chi connectivity index (χ3n) is 5.69. The molecule has 0 saturated carbocycles. The molecule has 1 fully saturated rings. The number of aromatic nitrogens is 2. The minimum absolute atomic E-state index is 0.00239. The Morgan fingerprint density at radius 1 is 1.22 bits per heavy atom. The predicted molar refractivity (Wildman–Crippen MR) is 116 cm³/mol. The summed E-state index contributed by atoms with van der Waals surface area (Å²) in [5.74, 6) is -0.0249. The molecule has 2 heterocycles. The number of hydrogen-bond donors (Lipinski definition) is 2. The van der Waals surface area contributed by atoms with Crippen LogP contribution in [0.25, 0.3) is 10.9 Å². The summed E-state index contributed by atoms with van der Waals surface area (Å²) in [6.45, 7) is 2.75. The third kappa shape index (κ3) is 3.73. The number of hydrogen-bond acceptors (Lipinski definition) is 3. The number of nitrogens with one attached hydrogen (secondary N) is 2. The van der Waals surface area contributed by atoms with Crippen LogP contribution in [-0.2, 0) is 5.41 Å². The molecule has 1 amide bonds. The molecule has 1 aromatic heterocycles. The van der Waals surface area contributed by atoms with Gasteiger partial charge in [0.1, 0.15) is 3.70 Å². The number of likely N-dealkylation sites (tertiary alicyclic amines) is 1. The van der Waals surface area contributed by atoms with Crippen molar-refractivity contribution in [3.05, 3.63) is 63.4 Å². The molecule has 0 unspecified atom stereocenters. The third-order valence-corrected chi connectivity index (χ3v) is 6.51. The van der Waals surface area contributed by atoms with Crippen molar-refractivity contribution in [2.45, 2.75) is 18.3 Å². The molecule has 4 rings (SSSR count). The van der Waals surface area contributed by atoms with Gasteiger partial charge in [0.2, 0.25) is 0 Å². The fraction of sp³-hybridized carbons (Fsp3) is 0.333. The summed E-state index contributed by atoms with van der Waals surface area (Å²) >= 11 is 2.21. The number of piperidine rings is 1. The van der Waals surface area contributed by atoms with E-state index in [1.165, 1.54) is 5.56 Å². The highest BCUT2D eigenvalue weighted by Crippen LogP contribution is 2.34. The Hall–Kier alpha value is -1.93. The number of amides is 1. The van der Waals surface area contributed by atoms with E-state index in [1.807, 2.05) is 24.3 Å². The number of carbonyl (C=O) groups excluding carboxylic acids is 1. The molecule has 1 saturated heterocycles. The van der Waals surface area contributed by atoms with E-state index in [0.717, 1.165) is 40.5 Å². The van der Waals surface area contributed by atoms with Crippen molar-refractivity contribution in [2.24, 2.45) is 0 Å². The highest BCUT2D eigenvalue weighted by atomic mass is 127. The smallest absolute Gasteiger partial charge is 0.251 e. The first kappa shape index (κ1) is 18.4. The second kappa shape index (κ2) is 7.59. The molecule has 0 spiro atoms. The van der Waals surface area contributed by atoms with Crippen molar-refractivity contribution in [3.8, 4) is 0 Å². The Labute approximate surface area is 172 Å². The quantitative estimate of drug-likeness (QED) is 0.569. The molecule has 3 aromatic rings. The van der Waals surface area contributed by atoms with Gasteiger partial charge in [-0.05, 0) is 79.3 Å². The van der Waals surface area contributed by atoms with Crippen LogP contribution >= 0.6 is 22.6 Å². The first-order valence-corrected chi connectivity index (χ1v) is 10.3. The van der Waals surface area contributed by atoms with Gasteiger partial charge in [-0.1, -0.05) is 30.3 Å². The van der Waals surface area contributed by atoms with E-state index >= 15 is 0 Å². The number of benzene rings is 2. The van der Waals surface area contributed by atoms with Gasteiger partial charge in [0.25, 0.3) is 5.91 Å². The van der Waals surface area contributed by atoms with Gasteiger partial charge in [-0.15, -0.1) is 0 Å². The maximum absolute atomic E-state index is 12.8. The summed E-state index contributed by atoms with van der Waals surface area (Å²) in [6.07, 6.45) is 2.10. The van der Waals surface area contributed by atoms with Gasteiger partial charge in [-0.2, -0.15) is 5.10 Å². The molecule has 1 aliphatic rings. The lowest BCUT2D eigenvalue weighted by Crippen LogP contribution is -2.48. The molecule has 140 valence electrons. The minimum Gasteiger partial charge on any atom is -0.351 e. The van der Waals surface area contributed by atoms with Crippen molar-refractivity contribution in [3.63, 3.8) is 0 Å². The Morgan fingerprint density at radius 3 is 2.70 bits per heavy atom.